The van der Waals surface area contributed by atoms with Crippen molar-refractivity contribution in [3.8, 4) is 5.69 Å². The van der Waals surface area contributed by atoms with Crippen molar-refractivity contribution >= 4 is 29.1 Å². The summed E-state index contributed by atoms with van der Waals surface area (Å²) < 4.78 is 14.8. The molecule has 2 aliphatic rings. The molecule has 3 aromatic rings. The van der Waals surface area contributed by atoms with Gasteiger partial charge in [-0.05, 0) is 59.0 Å². The van der Waals surface area contributed by atoms with Gasteiger partial charge in [-0.2, -0.15) is 4.68 Å². The molecule has 0 bridgehead atoms. The molecule has 2 amide bonds. The predicted octanol–water partition coefficient (Wildman–Crippen LogP) is 2.15. The number of halogens is 2. The average molecular weight is 484 g/mol. The first-order valence-electron chi connectivity index (χ1n) is 11.1. The van der Waals surface area contributed by atoms with E-state index in [2.05, 4.69) is 20.4 Å². The molecule has 3 heterocycles. The molecule has 0 aliphatic carbocycles. The Kier molecular flexibility index (Phi) is 6.25. The first kappa shape index (κ1) is 22.4. The molecular weight excluding hydrogens is 461 g/mol. The van der Waals surface area contributed by atoms with E-state index < -0.39 is 0 Å². The monoisotopic (exact) mass is 483 g/mol. The zero-order valence-electron chi connectivity index (χ0n) is 18.3. The van der Waals surface area contributed by atoms with Gasteiger partial charge >= 0.3 is 0 Å². The highest BCUT2D eigenvalue weighted by Gasteiger charge is 2.38. The summed E-state index contributed by atoms with van der Waals surface area (Å²) in [5.74, 6) is -0.0566. The van der Waals surface area contributed by atoms with E-state index in [1.807, 2.05) is 4.90 Å². The third-order valence-electron chi connectivity index (χ3n) is 6.27. The molecule has 34 heavy (non-hydrogen) atoms. The Morgan fingerprint density at radius 3 is 2.38 bits per heavy atom. The zero-order valence-corrected chi connectivity index (χ0v) is 19.1. The van der Waals surface area contributed by atoms with E-state index in [0.717, 1.165) is 5.69 Å². The Hall–Kier alpha value is -3.37. The average Bonchev–Trinajstić information content (AvgIpc) is 3.47. The molecule has 2 saturated heterocycles. The van der Waals surface area contributed by atoms with Crippen LogP contribution in [0.4, 0.5) is 10.1 Å². The van der Waals surface area contributed by atoms with E-state index in [4.69, 9.17) is 11.6 Å². The molecule has 2 aromatic carbocycles. The van der Waals surface area contributed by atoms with Gasteiger partial charge in [0.25, 0.3) is 0 Å². The molecule has 176 valence electrons. The maximum atomic E-state index is 13.2. The summed E-state index contributed by atoms with van der Waals surface area (Å²) in [5, 5.41) is 12.5. The molecule has 1 aromatic heterocycles. The van der Waals surface area contributed by atoms with E-state index in [0.29, 0.717) is 55.8 Å². The molecule has 0 spiro atoms. The second-order valence-electron chi connectivity index (χ2n) is 8.47. The quantitative estimate of drug-likeness (QED) is 0.552. The molecule has 9 nitrogen and oxygen atoms in total. The maximum absolute atomic E-state index is 13.2. The van der Waals surface area contributed by atoms with Crippen LogP contribution in [0.5, 0.6) is 0 Å². The molecule has 11 heteroatoms. The third-order valence-corrected chi connectivity index (χ3v) is 6.52. The summed E-state index contributed by atoms with van der Waals surface area (Å²) in [6, 6.07) is 13.1. The second-order valence-corrected chi connectivity index (χ2v) is 8.90. The van der Waals surface area contributed by atoms with Crippen LogP contribution in [0.1, 0.15) is 12.2 Å². The molecular formula is C23H23ClFN7O2. The van der Waals surface area contributed by atoms with E-state index >= 15 is 0 Å². The van der Waals surface area contributed by atoms with Crippen molar-refractivity contribution in [2.45, 2.75) is 13.0 Å². The van der Waals surface area contributed by atoms with Gasteiger partial charge in [0.05, 0.1) is 18.2 Å². The Morgan fingerprint density at radius 1 is 1.00 bits per heavy atom. The van der Waals surface area contributed by atoms with Gasteiger partial charge < -0.3 is 9.80 Å². The Balaban J connectivity index is 1.17. The number of amides is 2. The summed E-state index contributed by atoms with van der Waals surface area (Å²) in [5.41, 5.74) is 1.44. The molecule has 0 radical (unpaired) electrons. The van der Waals surface area contributed by atoms with E-state index in [9.17, 15) is 14.0 Å². The number of rotatable bonds is 5. The first-order valence-corrected chi connectivity index (χ1v) is 11.5. The number of hydrogen-bond acceptors (Lipinski definition) is 6. The minimum Gasteiger partial charge on any atom is -0.340 e. The van der Waals surface area contributed by atoms with Crippen molar-refractivity contribution < 1.29 is 14.0 Å². The standard InChI is InChI=1S/C23H23ClFN7O2/c24-17-1-5-19(6-2-17)31-14-16(13-22(31)33)23(34)30-11-9-29(10-12-30)15-21-26-27-28-32(21)20-7-3-18(25)4-8-20/h1-8,16H,9-15H2. The number of anilines is 1. The summed E-state index contributed by atoms with van der Waals surface area (Å²) in [6.45, 7) is 3.38. The fourth-order valence-corrected chi connectivity index (χ4v) is 4.54. The minimum absolute atomic E-state index is 0.0145. The lowest BCUT2D eigenvalue weighted by Crippen LogP contribution is -2.50. The molecule has 5 rings (SSSR count). The van der Waals surface area contributed by atoms with Crippen LogP contribution in [0.15, 0.2) is 48.5 Å². The normalized spacial score (nSPS) is 19.1. The van der Waals surface area contributed by atoms with Gasteiger partial charge in [-0.15, -0.1) is 5.10 Å². The lowest BCUT2D eigenvalue weighted by molar-refractivity contribution is -0.137. The van der Waals surface area contributed by atoms with E-state index in [1.54, 1.807) is 46.0 Å². The number of nitrogens with zero attached hydrogens (tertiary/aromatic N) is 7. The number of piperazine rings is 1. The largest absolute Gasteiger partial charge is 0.340 e. The molecule has 2 fully saturated rings. The fraction of sp³-hybridized carbons (Fsp3) is 0.348. The van der Waals surface area contributed by atoms with Crippen LogP contribution >= 0.6 is 11.6 Å². The maximum Gasteiger partial charge on any atom is 0.228 e. The topological polar surface area (TPSA) is 87.5 Å². The molecule has 0 saturated carbocycles. The van der Waals surface area contributed by atoms with Crippen LogP contribution < -0.4 is 4.90 Å². The Bertz CT molecular complexity index is 1180. The van der Waals surface area contributed by atoms with Crippen LogP contribution in [0.25, 0.3) is 5.69 Å². The fourth-order valence-electron chi connectivity index (χ4n) is 4.42. The number of carbonyl (C=O) groups is 2. The van der Waals surface area contributed by atoms with Crippen LogP contribution in [0.3, 0.4) is 0 Å². The zero-order chi connectivity index (χ0) is 23.7. The van der Waals surface area contributed by atoms with E-state index in [1.165, 1.54) is 12.1 Å². The van der Waals surface area contributed by atoms with Crippen molar-refractivity contribution in [3.05, 3.63) is 65.2 Å². The van der Waals surface area contributed by atoms with Crippen LogP contribution in [-0.4, -0.2) is 74.5 Å². The SMILES string of the molecule is O=C(C1CC(=O)N(c2ccc(Cl)cc2)C1)N1CCN(Cc2nnnn2-c2ccc(F)cc2)CC1. The number of carbonyl (C=O) groups excluding carboxylic acids is 2. The Labute approximate surface area is 200 Å². The number of benzene rings is 2. The minimum atomic E-state index is -0.347. The van der Waals surface area contributed by atoms with Gasteiger partial charge in [0.2, 0.25) is 11.8 Å². The molecule has 1 unspecified atom stereocenters. The highest BCUT2D eigenvalue weighted by atomic mass is 35.5. The molecule has 1 atom stereocenters. The highest BCUT2D eigenvalue weighted by Crippen LogP contribution is 2.27. The summed E-state index contributed by atoms with van der Waals surface area (Å²) in [7, 11) is 0. The Morgan fingerprint density at radius 2 is 1.68 bits per heavy atom. The number of tetrazole rings is 1. The number of hydrogen-bond donors (Lipinski definition) is 0. The van der Waals surface area contributed by atoms with Gasteiger partial charge in [0.15, 0.2) is 5.82 Å². The van der Waals surface area contributed by atoms with Crippen molar-refractivity contribution in [2.24, 2.45) is 5.92 Å². The molecule has 0 N–H and O–H groups in total. The first-order chi connectivity index (χ1) is 16.5. The van der Waals surface area contributed by atoms with Crippen molar-refractivity contribution in [1.82, 2.24) is 30.0 Å². The van der Waals surface area contributed by atoms with Gasteiger partial charge in [0, 0.05) is 49.9 Å². The highest BCUT2D eigenvalue weighted by molar-refractivity contribution is 6.30. The van der Waals surface area contributed by atoms with Gasteiger partial charge in [-0.1, -0.05) is 11.6 Å². The van der Waals surface area contributed by atoms with Crippen molar-refractivity contribution in [2.75, 3.05) is 37.6 Å². The third kappa shape index (κ3) is 4.64. The summed E-state index contributed by atoms with van der Waals surface area (Å²) >= 11 is 5.94. The smallest absolute Gasteiger partial charge is 0.228 e. The molecule has 2 aliphatic heterocycles. The van der Waals surface area contributed by atoms with E-state index in [-0.39, 0.29) is 30.0 Å². The predicted molar refractivity (Wildman–Crippen MR) is 123 cm³/mol. The summed E-state index contributed by atoms with van der Waals surface area (Å²) in [4.78, 5) is 31.3. The van der Waals surface area contributed by atoms with Crippen molar-refractivity contribution in [1.29, 1.82) is 0 Å². The van der Waals surface area contributed by atoms with Gasteiger partial charge in [-0.3, -0.25) is 14.5 Å². The van der Waals surface area contributed by atoms with Gasteiger partial charge in [-0.25, -0.2) is 4.39 Å². The lowest BCUT2D eigenvalue weighted by Gasteiger charge is -2.35. The van der Waals surface area contributed by atoms with Crippen LogP contribution in [-0.2, 0) is 16.1 Å². The number of aromatic nitrogens is 4. The van der Waals surface area contributed by atoms with Crippen molar-refractivity contribution in [3.63, 3.8) is 0 Å². The lowest BCUT2D eigenvalue weighted by atomic mass is 10.1. The van der Waals surface area contributed by atoms with Crippen LogP contribution in [0.2, 0.25) is 5.02 Å². The van der Waals surface area contributed by atoms with Gasteiger partial charge in [0.1, 0.15) is 5.82 Å². The summed E-state index contributed by atoms with van der Waals surface area (Å²) in [6.07, 6.45) is 0.216. The second kappa shape index (κ2) is 9.47. The van der Waals surface area contributed by atoms with Crippen LogP contribution in [0, 0.1) is 11.7 Å².